The van der Waals surface area contributed by atoms with Crippen LogP contribution in [0.3, 0.4) is 0 Å². The quantitative estimate of drug-likeness (QED) is 0.535. The lowest BCUT2D eigenvalue weighted by Crippen LogP contribution is -2.42. The largest absolute Gasteiger partial charge is 0.385 e. The molecule has 0 rings (SSSR count). The molecule has 19 heavy (non-hydrogen) atoms. The number of hydrogen-bond acceptors (Lipinski definition) is 6. The molecule has 0 bridgehead atoms. The summed E-state index contributed by atoms with van der Waals surface area (Å²) in [6.07, 6.45) is -2.23. The van der Waals surface area contributed by atoms with E-state index in [1.807, 2.05) is 0 Å². The van der Waals surface area contributed by atoms with Gasteiger partial charge in [0.2, 0.25) is 0 Å². The number of rotatable bonds is 8. The predicted octanol–water partition coefficient (Wildman–Crippen LogP) is 1.19. The molecule has 0 spiro atoms. The summed E-state index contributed by atoms with van der Waals surface area (Å²) in [6.45, 7) is 5.74. The SMILES string of the molecule is CCC(O)C(=O)C(C)S(O)(O)C(C)C(=O)C(O)CC. The van der Waals surface area contributed by atoms with Crippen LogP contribution >= 0.6 is 10.6 Å². The summed E-state index contributed by atoms with van der Waals surface area (Å²) in [6, 6.07) is 0. The van der Waals surface area contributed by atoms with Crippen molar-refractivity contribution >= 4 is 22.2 Å². The monoisotopic (exact) mass is 296 g/mol. The second-order valence-corrected chi connectivity index (χ2v) is 7.27. The molecular weight excluding hydrogens is 272 g/mol. The highest BCUT2D eigenvalue weighted by molar-refractivity contribution is 8.26. The van der Waals surface area contributed by atoms with Crippen molar-refractivity contribution in [1.29, 1.82) is 0 Å². The highest BCUT2D eigenvalue weighted by atomic mass is 32.3. The molecule has 0 aromatic rings. The van der Waals surface area contributed by atoms with Gasteiger partial charge in [-0.2, -0.15) is 10.6 Å². The third-order valence-electron chi connectivity index (χ3n) is 3.27. The maximum Gasteiger partial charge on any atom is 0.182 e. The van der Waals surface area contributed by atoms with Gasteiger partial charge in [0, 0.05) is 0 Å². The van der Waals surface area contributed by atoms with Crippen molar-refractivity contribution in [3.8, 4) is 0 Å². The van der Waals surface area contributed by atoms with E-state index in [0.717, 1.165) is 0 Å². The Morgan fingerprint density at radius 1 is 0.895 bits per heavy atom. The van der Waals surface area contributed by atoms with Crippen LogP contribution in [0.4, 0.5) is 0 Å². The van der Waals surface area contributed by atoms with Gasteiger partial charge in [-0.15, -0.1) is 0 Å². The van der Waals surface area contributed by atoms with E-state index in [-0.39, 0.29) is 12.8 Å². The van der Waals surface area contributed by atoms with E-state index in [9.17, 15) is 28.9 Å². The summed E-state index contributed by atoms with van der Waals surface area (Å²) < 4.78 is 20.1. The number of carbonyl (C=O) groups excluding carboxylic acids is 2. The van der Waals surface area contributed by atoms with Crippen molar-refractivity contribution < 1.29 is 28.9 Å². The van der Waals surface area contributed by atoms with Crippen LogP contribution in [0.2, 0.25) is 0 Å². The molecule has 4 atom stereocenters. The number of ketones is 2. The minimum absolute atomic E-state index is 0.165. The Kier molecular flexibility index (Phi) is 7.17. The van der Waals surface area contributed by atoms with Crippen LogP contribution in [0.25, 0.3) is 0 Å². The smallest absolute Gasteiger partial charge is 0.182 e. The minimum atomic E-state index is -3.57. The maximum absolute atomic E-state index is 11.8. The molecule has 114 valence electrons. The topological polar surface area (TPSA) is 115 Å². The van der Waals surface area contributed by atoms with Gasteiger partial charge in [0.25, 0.3) is 0 Å². The first-order valence-electron chi connectivity index (χ1n) is 6.30. The molecule has 0 aliphatic carbocycles. The summed E-state index contributed by atoms with van der Waals surface area (Å²) in [5.41, 5.74) is 0. The second kappa shape index (κ2) is 7.35. The van der Waals surface area contributed by atoms with Crippen LogP contribution in [-0.2, 0) is 9.59 Å². The molecule has 0 aliphatic rings. The Bertz CT molecular complexity index is 300. The zero-order valence-corrected chi connectivity index (χ0v) is 12.6. The molecule has 0 heterocycles. The molecule has 4 unspecified atom stereocenters. The van der Waals surface area contributed by atoms with Crippen molar-refractivity contribution in [2.45, 2.75) is 63.2 Å². The lowest BCUT2D eigenvalue weighted by Gasteiger charge is -2.42. The standard InChI is InChI=1S/C12H24O6S/c1-5-9(13)11(15)7(3)19(17,18)8(4)12(16)10(14)6-2/h7-10,13-14,17-18H,5-6H2,1-4H3. The van der Waals surface area contributed by atoms with Crippen molar-refractivity contribution in [3.05, 3.63) is 0 Å². The first-order chi connectivity index (χ1) is 8.61. The Morgan fingerprint density at radius 2 is 1.16 bits per heavy atom. The highest BCUT2D eigenvalue weighted by Gasteiger charge is 2.40. The number of Topliss-reactive ketones (excluding diaryl/α,β-unsaturated/α-hetero) is 2. The zero-order valence-electron chi connectivity index (χ0n) is 11.7. The average molecular weight is 296 g/mol. The van der Waals surface area contributed by atoms with Crippen LogP contribution in [0.15, 0.2) is 0 Å². The zero-order chi connectivity index (χ0) is 15.4. The normalized spacial score (nSPS) is 19.4. The molecular formula is C12H24O6S. The summed E-state index contributed by atoms with van der Waals surface area (Å²) in [7, 11) is -3.57. The fraction of sp³-hybridized carbons (Fsp3) is 0.833. The fourth-order valence-electron chi connectivity index (χ4n) is 1.59. The first kappa shape index (κ1) is 18.5. The number of aliphatic hydroxyl groups is 2. The molecule has 0 amide bonds. The fourth-order valence-corrected chi connectivity index (χ4v) is 3.20. The van der Waals surface area contributed by atoms with Crippen LogP contribution in [0.5, 0.6) is 0 Å². The molecule has 7 heteroatoms. The molecule has 0 aromatic heterocycles. The number of hydrogen-bond donors (Lipinski definition) is 4. The van der Waals surface area contributed by atoms with Crippen LogP contribution in [0, 0.1) is 0 Å². The molecule has 0 aliphatic heterocycles. The molecule has 0 saturated heterocycles. The predicted molar refractivity (Wildman–Crippen MR) is 74.4 cm³/mol. The lowest BCUT2D eigenvalue weighted by molar-refractivity contribution is -0.126. The molecule has 4 N–H and O–H groups in total. The van der Waals surface area contributed by atoms with Gasteiger partial charge in [0.05, 0.1) is 0 Å². The van der Waals surface area contributed by atoms with Crippen molar-refractivity contribution in [1.82, 2.24) is 0 Å². The van der Waals surface area contributed by atoms with E-state index in [2.05, 4.69) is 0 Å². The van der Waals surface area contributed by atoms with Crippen LogP contribution in [0.1, 0.15) is 40.5 Å². The number of carbonyl (C=O) groups is 2. The van der Waals surface area contributed by atoms with E-state index in [1.54, 1.807) is 13.8 Å². The average Bonchev–Trinajstić information content (AvgIpc) is 2.41. The molecule has 0 radical (unpaired) electrons. The second-order valence-electron chi connectivity index (χ2n) is 4.58. The highest BCUT2D eigenvalue weighted by Crippen LogP contribution is 2.50. The van der Waals surface area contributed by atoms with Crippen LogP contribution in [-0.4, -0.2) is 53.6 Å². The van der Waals surface area contributed by atoms with E-state index >= 15 is 0 Å². The molecule has 0 fully saturated rings. The Balaban J connectivity index is 5.04. The van der Waals surface area contributed by atoms with Gasteiger partial charge in [-0.25, -0.2) is 0 Å². The van der Waals surface area contributed by atoms with Crippen molar-refractivity contribution in [3.63, 3.8) is 0 Å². The van der Waals surface area contributed by atoms with E-state index in [4.69, 9.17) is 0 Å². The van der Waals surface area contributed by atoms with E-state index < -0.39 is 44.9 Å². The summed E-state index contributed by atoms with van der Waals surface area (Å²) in [5.74, 6) is -1.40. The summed E-state index contributed by atoms with van der Waals surface area (Å²) in [4.78, 5) is 23.5. The third-order valence-corrected chi connectivity index (χ3v) is 5.82. The van der Waals surface area contributed by atoms with Gasteiger partial charge in [-0.3, -0.25) is 18.7 Å². The maximum atomic E-state index is 11.8. The summed E-state index contributed by atoms with van der Waals surface area (Å²) >= 11 is 0. The van der Waals surface area contributed by atoms with Gasteiger partial charge in [0.1, 0.15) is 22.7 Å². The van der Waals surface area contributed by atoms with Gasteiger partial charge in [-0.05, 0) is 26.7 Å². The summed E-state index contributed by atoms with van der Waals surface area (Å²) in [5, 5.41) is 16.4. The minimum Gasteiger partial charge on any atom is -0.385 e. The van der Waals surface area contributed by atoms with Crippen molar-refractivity contribution in [2.75, 3.05) is 0 Å². The Morgan fingerprint density at radius 3 is 1.37 bits per heavy atom. The Hall–Kier alpha value is -0.470. The Labute approximate surface area is 115 Å². The van der Waals surface area contributed by atoms with Gasteiger partial charge >= 0.3 is 0 Å². The van der Waals surface area contributed by atoms with Gasteiger partial charge < -0.3 is 10.2 Å². The molecule has 6 nitrogen and oxygen atoms in total. The van der Waals surface area contributed by atoms with E-state index in [1.165, 1.54) is 13.8 Å². The first-order valence-corrected chi connectivity index (χ1v) is 7.97. The van der Waals surface area contributed by atoms with Crippen molar-refractivity contribution in [2.24, 2.45) is 0 Å². The molecule has 0 saturated carbocycles. The van der Waals surface area contributed by atoms with E-state index in [0.29, 0.717) is 0 Å². The van der Waals surface area contributed by atoms with Crippen LogP contribution < -0.4 is 0 Å². The lowest BCUT2D eigenvalue weighted by atomic mass is 10.1. The third kappa shape index (κ3) is 4.25. The van der Waals surface area contributed by atoms with Gasteiger partial charge in [-0.1, -0.05) is 13.8 Å². The van der Waals surface area contributed by atoms with Gasteiger partial charge in [0.15, 0.2) is 11.6 Å². The molecule has 0 aromatic carbocycles. The number of aliphatic hydroxyl groups excluding tert-OH is 2.